The van der Waals surface area contributed by atoms with E-state index in [0.717, 1.165) is 28.8 Å². The largest absolute Gasteiger partial charge is 0.323 e. The second-order valence-electron chi connectivity index (χ2n) is 5.10. The molecule has 0 aliphatic carbocycles. The van der Waals surface area contributed by atoms with Crippen molar-refractivity contribution in [3.8, 4) is 11.1 Å². The second kappa shape index (κ2) is 6.14. The summed E-state index contributed by atoms with van der Waals surface area (Å²) in [6.07, 6.45) is 1.90. The van der Waals surface area contributed by atoms with Crippen molar-refractivity contribution in [1.29, 1.82) is 0 Å². The van der Waals surface area contributed by atoms with Crippen LogP contribution in [-0.2, 0) is 6.54 Å². The summed E-state index contributed by atoms with van der Waals surface area (Å²) in [7, 11) is 0. The molecule has 0 fully saturated rings. The quantitative estimate of drug-likeness (QED) is 0.701. The molecule has 0 bridgehead atoms. The van der Waals surface area contributed by atoms with Gasteiger partial charge in [-0.05, 0) is 36.3 Å². The molecule has 0 saturated carbocycles. The van der Waals surface area contributed by atoms with Crippen molar-refractivity contribution in [3.05, 3.63) is 50.6 Å². The Balaban J connectivity index is 2.23. The average molecular weight is 334 g/mol. The molecule has 0 atom stereocenters. The van der Waals surface area contributed by atoms with Crippen molar-refractivity contribution in [2.24, 2.45) is 0 Å². The highest BCUT2D eigenvalue weighted by Gasteiger charge is 2.13. The van der Waals surface area contributed by atoms with Crippen LogP contribution in [0.2, 0.25) is 0 Å². The molecular formula is C16H15FN2OS2. The van der Waals surface area contributed by atoms with E-state index in [-0.39, 0.29) is 11.4 Å². The number of hydrogen-bond donors (Lipinski definition) is 1. The minimum Gasteiger partial charge on any atom is -0.323 e. The lowest BCUT2D eigenvalue weighted by Crippen LogP contribution is -2.22. The smallest absolute Gasteiger partial charge is 0.263 e. The molecule has 1 aromatic carbocycles. The number of nitrogens with one attached hydrogen (secondary N) is 1. The molecule has 1 N–H and O–H groups in total. The van der Waals surface area contributed by atoms with Crippen LogP contribution >= 0.6 is 23.6 Å². The van der Waals surface area contributed by atoms with E-state index in [1.165, 1.54) is 23.5 Å². The molecule has 0 unspecified atom stereocenters. The lowest BCUT2D eigenvalue weighted by Gasteiger charge is -2.06. The molecule has 6 heteroatoms. The van der Waals surface area contributed by atoms with Crippen molar-refractivity contribution >= 4 is 33.8 Å². The summed E-state index contributed by atoms with van der Waals surface area (Å²) in [5, 5.41) is 2.54. The van der Waals surface area contributed by atoms with Crippen LogP contribution in [0, 0.1) is 10.6 Å². The molecule has 0 aliphatic heterocycles. The summed E-state index contributed by atoms with van der Waals surface area (Å²) in [6.45, 7) is 2.68. The van der Waals surface area contributed by atoms with Crippen LogP contribution in [0.25, 0.3) is 21.3 Å². The first-order valence-electron chi connectivity index (χ1n) is 7.12. The van der Waals surface area contributed by atoms with Crippen LogP contribution in [0.4, 0.5) is 4.39 Å². The standard InChI is InChI=1S/C16H15FN2OS2/c1-2-3-8-19-15(20)13-12(9-22-14(13)18-16(19)21)10-4-6-11(17)7-5-10/h4-7,9H,2-3,8H2,1H3,(H,18,21). The first kappa shape index (κ1) is 15.1. The number of aromatic amines is 1. The van der Waals surface area contributed by atoms with Gasteiger partial charge < -0.3 is 4.98 Å². The van der Waals surface area contributed by atoms with E-state index in [2.05, 4.69) is 11.9 Å². The molecule has 0 spiro atoms. The van der Waals surface area contributed by atoms with Crippen molar-refractivity contribution in [2.75, 3.05) is 0 Å². The van der Waals surface area contributed by atoms with Gasteiger partial charge in [-0.15, -0.1) is 11.3 Å². The Kier molecular flexibility index (Phi) is 4.22. The zero-order valence-corrected chi connectivity index (χ0v) is 13.7. The Morgan fingerprint density at radius 1 is 1.32 bits per heavy atom. The van der Waals surface area contributed by atoms with Crippen molar-refractivity contribution < 1.29 is 4.39 Å². The third-order valence-corrected chi connectivity index (χ3v) is 4.82. The van der Waals surface area contributed by atoms with Gasteiger partial charge in [0.15, 0.2) is 4.77 Å². The molecular weight excluding hydrogens is 319 g/mol. The van der Waals surface area contributed by atoms with Crippen molar-refractivity contribution in [3.63, 3.8) is 0 Å². The molecule has 22 heavy (non-hydrogen) atoms. The molecule has 0 amide bonds. The van der Waals surface area contributed by atoms with E-state index >= 15 is 0 Å². The highest BCUT2D eigenvalue weighted by atomic mass is 32.1. The molecule has 0 aliphatic rings. The highest BCUT2D eigenvalue weighted by molar-refractivity contribution is 7.71. The van der Waals surface area contributed by atoms with Gasteiger partial charge in [0.25, 0.3) is 5.56 Å². The Morgan fingerprint density at radius 3 is 2.73 bits per heavy atom. The third kappa shape index (κ3) is 2.64. The predicted octanol–water partition coefficient (Wildman–Crippen LogP) is 4.73. The van der Waals surface area contributed by atoms with Gasteiger partial charge in [-0.1, -0.05) is 25.5 Å². The zero-order valence-electron chi connectivity index (χ0n) is 12.1. The van der Waals surface area contributed by atoms with E-state index in [4.69, 9.17) is 12.2 Å². The maximum Gasteiger partial charge on any atom is 0.263 e. The third-order valence-electron chi connectivity index (χ3n) is 3.61. The SMILES string of the molecule is CCCCn1c(=S)[nH]c2scc(-c3ccc(F)cc3)c2c1=O. The minimum absolute atomic E-state index is 0.0761. The summed E-state index contributed by atoms with van der Waals surface area (Å²) in [6, 6.07) is 6.18. The fourth-order valence-electron chi connectivity index (χ4n) is 2.42. The number of aromatic nitrogens is 2. The first-order chi connectivity index (χ1) is 10.6. The molecule has 3 aromatic rings. The van der Waals surface area contributed by atoms with Crippen LogP contribution in [0.1, 0.15) is 19.8 Å². The van der Waals surface area contributed by atoms with E-state index in [1.807, 2.05) is 5.38 Å². The predicted molar refractivity (Wildman–Crippen MR) is 91.6 cm³/mol. The Hall–Kier alpha value is -1.79. The van der Waals surface area contributed by atoms with E-state index in [1.54, 1.807) is 16.7 Å². The minimum atomic E-state index is -0.289. The maximum absolute atomic E-state index is 13.1. The van der Waals surface area contributed by atoms with E-state index in [9.17, 15) is 9.18 Å². The van der Waals surface area contributed by atoms with Crippen LogP contribution in [0.5, 0.6) is 0 Å². The Labute approximate surface area is 136 Å². The van der Waals surface area contributed by atoms with E-state index in [0.29, 0.717) is 16.7 Å². The van der Waals surface area contributed by atoms with Crippen LogP contribution in [0.3, 0.4) is 0 Å². The number of fused-ring (bicyclic) bond motifs is 1. The second-order valence-corrected chi connectivity index (χ2v) is 6.37. The summed E-state index contributed by atoms with van der Waals surface area (Å²) in [5.41, 5.74) is 1.58. The Morgan fingerprint density at radius 2 is 2.05 bits per heavy atom. The van der Waals surface area contributed by atoms with Gasteiger partial charge in [0.2, 0.25) is 0 Å². The van der Waals surface area contributed by atoms with Crippen LogP contribution in [0.15, 0.2) is 34.4 Å². The zero-order chi connectivity index (χ0) is 15.7. The van der Waals surface area contributed by atoms with Gasteiger partial charge in [0.05, 0.1) is 5.39 Å². The van der Waals surface area contributed by atoms with Gasteiger partial charge in [-0.2, -0.15) is 0 Å². The first-order valence-corrected chi connectivity index (χ1v) is 8.41. The van der Waals surface area contributed by atoms with Gasteiger partial charge in [0, 0.05) is 17.5 Å². The summed E-state index contributed by atoms with van der Waals surface area (Å²) < 4.78 is 15.2. The van der Waals surface area contributed by atoms with Gasteiger partial charge >= 0.3 is 0 Å². The number of rotatable bonds is 4. The molecule has 114 valence electrons. The van der Waals surface area contributed by atoms with Crippen molar-refractivity contribution in [2.45, 2.75) is 26.3 Å². The lowest BCUT2D eigenvalue weighted by atomic mass is 10.1. The average Bonchev–Trinajstić information content (AvgIpc) is 2.92. The van der Waals surface area contributed by atoms with Crippen molar-refractivity contribution in [1.82, 2.24) is 9.55 Å². The molecule has 3 nitrogen and oxygen atoms in total. The fraction of sp³-hybridized carbons (Fsp3) is 0.250. The fourth-order valence-corrected chi connectivity index (χ4v) is 3.72. The number of unbranched alkanes of at least 4 members (excludes halogenated alkanes) is 1. The molecule has 0 radical (unpaired) electrons. The van der Waals surface area contributed by atoms with Crippen LogP contribution < -0.4 is 5.56 Å². The molecule has 3 rings (SSSR count). The van der Waals surface area contributed by atoms with Gasteiger partial charge in [-0.25, -0.2) is 4.39 Å². The number of benzene rings is 1. The number of halogens is 1. The van der Waals surface area contributed by atoms with Gasteiger partial charge in [-0.3, -0.25) is 9.36 Å². The normalized spacial score (nSPS) is 11.2. The number of H-pyrrole nitrogens is 1. The molecule has 2 heterocycles. The highest BCUT2D eigenvalue weighted by Crippen LogP contribution is 2.30. The maximum atomic E-state index is 13.1. The monoisotopic (exact) mass is 334 g/mol. The topological polar surface area (TPSA) is 37.8 Å². The molecule has 0 saturated heterocycles. The number of nitrogens with zero attached hydrogens (tertiary/aromatic N) is 1. The van der Waals surface area contributed by atoms with E-state index < -0.39 is 0 Å². The van der Waals surface area contributed by atoms with Crippen LogP contribution in [-0.4, -0.2) is 9.55 Å². The summed E-state index contributed by atoms with van der Waals surface area (Å²) in [5.74, 6) is -0.289. The number of hydrogen-bond acceptors (Lipinski definition) is 3. The lowest BCUT2D eigenvalue weighted by molar-refractivity contribution is 0.601. The Bertz CT molecular complexity index is 922. The summed E-state index contributed by atoms with van der Waals surface area (Å²) >= 11 is 6.73. The number of thiophene rings is 1. The summed E-state index contributed by atoms with van der Waals surface area (Å²) in [4.78, 5) is 16.7. The molecule has 2 aromatic heterocycles. The van der Waals surface area contributed by atoms with Gasteiger partial charge in [0.1, 0.15) is 10.6 Å².